The van der Waals surface area contributed by atoms with Crippen LogP contribution in [0.1, 0.15) is 24.1 Å². The third-order valence-corrected chi connectivity index (χ3v) is 5.39. The maximum Gasteiger partial charge on any atom is 0.416 e. The van der Waals surface area contributed by atoms with Gasteiger partial charge in [-0.05, 0) is 30.7 Å². The van der Waals surface area contributed by atoms with E-state index in [1.807, 2.05) is 0 Å². The summed E-state index contributed by atoms with van der Waals surface area (Å²) in [7, 11) is -1.59. The molecule has 0 saturated carbocycles. The Balaban J connectivity index is 2.06. The predicted octanol–water partition coefficient (Wildman–Crippen LogP) is 3.97. The summed E-state index contributed by atoms with van der Waals surface area (Å²) >= 11 is 5.87. The van der Waals surface area contributed by atoms with Crippen LogP contribution in [0.15, 0.2) is 41.4 Å². The topological polar surface area (TPSA) is 50.3 Å². The largest absolute Gasteiger partial charge is 0.416 e. The first kappa shape index (κ1) is 17.9. The fourth-order valence-corrected chi connectivity index (χ4v) is 4.02. The van der Waals surface area contributed by atoms with Crippen LogP contribution in [-0.2, 0) is 21.8 Å². The highest BCUT2D eigenvalue weighted by Crippen LogP contribution is 2.36. The van der Waals surface area contributed by atoms with Crippen molar-refractivity contribution in [2.24, 2.45) is 0 Å². The minimum absolute atomic E-state index is 0.156. The Labute approximate surface area is 149 Å². The second kappa shape index (κ2) is 6.42. The van der Waals surface area contributed by atoms with Gasteiger partial charge in [-0.25, -0.2) is 4.98 Å². The van der Waals surface area contributed by atoms with Gasteiger partial charge in [0.15, 0.2) is 5.82 Å². The number of halogens is 4. The number of anilines is 1. The average Bonchev–Trinajstić information content (AvgIpc) is 2.54. The van der Waals surface area contributed by atoms with Gasteiger partial charge in [0.1, 0.15) is 5.75 Å². The van der Waals surface area contributed by atoms with E-state index in [0.29, 0.717) is 10.5 Å². The Morgan fingerprint density at radius 3 is 2.72 bits per heavy atom. The molecule has 9 heteroatoms. The van der Waals surface area contributed by atoms with Crippen molar-refractivity contribution in [1.29, 1.82) is 0 Å². The standard InChI is InChI=1S/C16H12ClF3N2O2S/c1-9(10-3-2-4-11(5-10)16(18,19)20)22-14(23)8-25(24)13-6-12(17)7-21-15(13)22/h2-7,9H,8H2,1H3. The third kappa shape index (κ3) is 3.41. The number of pyridine rings is 1. The van der Waals surface area contributed by atoms with Gasteiger partial charge >= 0.3 is 6.18 Å². The molecule has 0 saturated heterocycles. The lowest BCUT2D eigenvalue weighted by atomic mass is 10.0. The van der Waals surface area contributed by atoms with E-state index in [4.69, 9.17) is 11.6 Å². The molecule has 132 valence electrons. The molecule has 1 aliphatic heterocycles. The molecule has 2 atom stereocenters. The summed E-state index contributed by atoms with van der Waals surface area (Å²) in [5, 5.41) is 0.271. The zero-order valence-corrected chi connectivity index (χ0v) is 14.5. The predicted molar refractivity (Wildman–Crippen MR) is 87.9 cm³/mol. The molecule has 3 rings (SSSR count). The van der Waals surface area contributed by atoms with Crippen LogP contribution in [0.2, 0.25) is 5.02 Å². The van der Waals surface area contributed by atoms with Gasteiger partial charge in [-0.15, -0.1) is 0 Å². The summed E-state index contributed by atoms with van der Waals surface area (Å²) in [5.74, 6) is -0.576. The lowest BCUT2D eigenvalue weighted by Gasteiger charge is -2.33. The molecule has 0 bridgehead atoms. The first-order chi connectivity index (χ1) is 11.7. The number of hydrogen-bond donors (Lipinski definition) is 0. The molecule has 4 nitrogen and oxygen atoms in total. The van der Waals surface area contributed by atoms with E-state index in [9.17, 15) is 22.2 Å². The molecule has 1 amide bonds. The molecule has 1 aromatic carbocycles. The number of carbonyl (C=O) groups excluding carboxylic acids is 1. The second-order valence-corrected chi connectivity index (χ2v) is 7.38. The van der Waals surface area contributed by atoms with Crippen LogP contribution in [0.5, 0.6) is 0 Å². The zero-order chi connectivity index (χ0) is 18.4. The highest BCUT2D eigenvalue weighted by Gasteiger charge is 2.36. The fraction of sp³-hybridized carbons (Fsp3) is 0.250. The number of aromatic nitrogens is 1. The highest BCUT2D eigenvalue weighted by molar-refractivity contribution is 7.86. The van der Waals surface area contributed by atoms with Crippen molar-refractivity contribution >= 4 is 34.1 Å². The van der Waals surface area contributed by atoms with Gasteiger partial charge in [0.2, 0.25) is 5.91 Å². The number of rotatable bonds is 2. The van der Waals surface area contributed by atoms with Gasteiger partial charge < -0.3 is 0 Å². The minimum atomic E-state index is -4.48. The molecule has 0 aliphatic carbocycles. The van der Waals surface area contributed by atoms with Crippen molar-refractivity contribution in [2.45, 2.75) is 24.0 Å². The average molecular weight is 389 g/mol. The first-order valence-electron chi connectivity index (χ1n) is 7.21. The number of benzene rings is 1. The van der Waals surface area contributed by atoms with E-state index < -0.39 is 34.5 Å². The summed E-state index contributed by atoms with van der Waals surface area (Å²) in [4.78, 5) is 18.0. The maximum atomic E-state index is 12.9. The normalized spacial score (nSPS) is 18.8. The molecule has 0 spiro atoms. The Morgan fingerprint density at radius 2 is 2.04 bits per heavy atom. The van der Waals surface area contributed by atoms with Crippen molar-refractivity contribution in [3.05, 3.63) is 52.7 Å². The van der Waals surface area contributed by atoms with Crippen LogP contribution < -0.4 is 4.90 Å². The quantitative estimate of drug-likeness (QED) is 0.782. The number of hydrogen-bond acceptors (Lipinski definition) is 3. The summed E-state index contributed by atoms with van der Waals surface area (Å²) in [6.45, 7) is 1.60. The van der Waals surface area contributed by atoms with Crippen LogP contribution in [0.3, 0.4) is 0 Å². The highest BCUT2D eigenvalue weighted by atomic mass is 35.5. The van der Waals surface area contributed by atoms with Crippen LogP contribution in [0.25, 0.3) is 0 Å². The molecule has 2 heterocycles. The first-order valence-corrected chi connectivity index (χ1v) is 8.91. The van der Waals surface area contributed by atoms with E-state index in [1.165, 1.54) is 29.3 Å². The monoisotopic (exact) mass is 388 g/mol. The molecule has 25 heavy (non-hydrogen) atoms. The molecule has 2 unspecified atom stereocenters. The van der Waals surface area contributed by atoms with Crippen LogP contribution in [0, 0.1) is 0 Å². The SMILES string of the molecule is CC(c1cccc(C(F)(F)F)c1)N1C(=O)CS(=O)c2cc(Cl)cnc21. The zero-order valence-electron chi connectivity index (χ0n) is 12.9. The van der Waals surface area contributed by atoms with E-state index >= 15 is 0 Å². The van der Waals surface area contributed by atoms with E-state index in [-0.39, 0.29) is 16.6 Å². The van der Waals surface area contributed by atoms with Crippen LogP contribution in [-0.4, -0.2) is 20.9 Å². The van der Waals surface area contributed by atoms with Crippen LogP contribution >= 0.6 is 11.6 Å². The summed E-state index contributed by atoms with van der Waals surface area (Å²) in [6, 6.07) is 5.51. The molecule has 0 fully saturated rings. The number of amides is 1. The smallest absolute Gasteiger partial charge is 0.288 e. The van der Waals surface area contributed by atoms with Crippen molar-refractivity contribution in [3.8, 4) is 0 Å². The minimum Gasteiger partial charge on any atom is -0.288 e. The number of carbonyl (C=O) groups is 1. The van der Waals surface area contributed by atoms with Gasteiger partial charge in [0.05, 0.1) is 32.3 Å². The third-order valence-electron chi connectivity index (χ3n) is 3.88. The Bertz CT molecular complexity index is 873. The molecule has 1 aliphatic rings. The molecular formula is C16H12ClF3N2O2S. The molecule has 1 aromatic heterocycles. The van der Waals surface area contributed by atoms with Crippen molar-refractivity contribution in [3.63, 3.8) is 0 Å². The summed E-state index contributed by atoms with van der Waals surface area (Å²) in [5.41, 5.74) is -0.493. The van der Waals surface area contributed by atoms with Gasteiger partial charge in [0.25, 0.3) is 0 Å². The Hall–Kier alpha value is -1.93. The van der Waals surface area contributed by atoms with Gasteiger partial charge in [-0.1, -0.05) is 23.7 Å². The lowest BCUT2D eigenvalue weighted by molar-refractivity contribution is -0.137. The van der Waals surface area contributed by atoms with Crippen molar-refractivity contribution in [1.82, 2.24) is 4.98 Å². The molecule has 2 aromatic rings. The lowest BCUT2D eigenvalue weighted by Crippen LogP contribution is -2.41. The van der Waals surface area contributed by atoms with E-state index in [2.05, 4.69) is 4.98 Å². The fourth-order valence-electron chi connectivity index (χ4n) is 2.66. The second-order valence-electron chi connectivity index (χ2n) is 5.53. The number of alkyl halides is 3. The maximum absolute atomic E-state index is 12.9. The Morgan fingerprint density at radius 1 is 1.32 bits per heavy atom. The number of fused-ring (bicyclic) bond motifs is 1. The van der Waals surface area contributed by atoms with Crippen molar-refractivity contribution < 1.29 is 22.2 Å². The summed E-state index contributed by atoms with van der Waals surface area (Å²) in [6.07, 6.45) is -3.17. The summed E-state index contributed by atoms with van der Waals surface area (Å²) < 4.78 is 51.0. The van der Waals surface area contributed by atoms with E-state index in [1.54, 1.807) is 6.92 Å². The van der Waals surface area contributed by atoms with Gasteiger partial charge in [-0.2, -0.15) is 13.2 Å². The van der Waals surface area contributed by atoms with Crippen LogP contribution in [0.4, 0.5) is 19.0 Å². The molecule has 0 N–H and O–H groups in total. The van der Waals surface area contributed by atoms with Gasteiger partial charge in [0, 0.05) is 6.20 Å². The van der Waals surface area contributed by atoms with E-state index in [0.717, 1.165) is 12.1 Å². The van der Waals surface area contributed by atoms with Gasteiger partial charge in [-0.3, -0.25) is 13.9 Å². The molecule has 0 radical (unpaired) electrons. The Kier molecular flexibility index (Phi) is 4.59. The molecular weight excluding hydrogens is 377 g/mol. The number of nitrogens with zero attached hydrogens (tertiary/aromatic N) is 2. The van der Waals surface area contributed by atoms with Crippen molar-refractivity contribution in [2.75, 3.05) is 10.7 Å².